The second-order valence-electron chi connectivity index (χ2n) is 10.4. The third-order valence-corrected chi connectivity index (χ3v) is 7.39. The molecule has 218 valence electrons. The summed E-state index contributed by atoms with van der Waals surface area (Å²) in [5, 5.41) is 6.10. The Morgan fingerprint density at radius 1 is 1.15 bits per heavy atom. The molecule has 13 heteroatoms. The van der Waals surface area contributed by atoms with E-state index in [-0.39, 0.29) is 33.9 Å². The van der Waals surface area contributed by atoms with Gasteiger partial charge in [-0.2, -0.15) is 18.2 Å². The van der Waals surface area contributed by atoms with Crippen molar-refractivity contribution in [2.45, 2.75) is 26.1 Å². The number of piperazine rings is 1. The topological polar surface area (TPSA) is 91.8 Å². The number of amides is 1. The largest absolute Gasteiger partial charge is 0.483 e. The zero-order valence-electron chi connectivity index (χ0n) is 22.8. The summed E-state index contributed by atoms with van der Waals surface area (Å²) in [7, 11) is 1.96. The molecule has 5 rings (SSSR count). The van der Waals surface area contributed by atoms with Crippen LogP contribution in [-0.2, 0) is 6.18 Å². The van der Waals surface area contributed by atoms with E-state index in [0.29, 0.717) is 42.9 Å². The van der Waals surface area contributed by atoms with E-state index in [9.17, 15) is 18.0 Å². The van der Waals surface area contributed by atoms with Gasteiger partial charge in [0.2, 0.25) is 5.75 Å². The average Bonchev–Trinajstić information content (AvgIpc) is 2.93. The summed E-state index contributed by atoms with van der Waals surface area (Å²) in [5.41, 5.74) is -0.290. The van der Waals surface area contributed by atoms with Gasteiger partial charge in [0.1, 0.15) is 18.7 Å². The van der Waals surface area contributed by atoms with Gasteiger partial charge in [0, 0.05) is 43.1 Å². The highest BCUT2D eigenvalue weighted by molar-refractivity contribution is 6.32. The Labute approximate surface area is 240 Å². The van der Waals surface area contributed by atoms with Crippen LogP contribution < -0.4 is 25.0 Å². The number of halogens is 4. The van der Waals surface area contributed by atoms with Crippen molar-refractivity contribution < 1.29 is 27.4 Å². The number of ether oxygens (including phenoxy) is 2. The number of rotatable bonds is 6. The number of hydrogen-bond acceptors (Lipinski definition) is 8. The number of hydrogen-bond donors (Lipinski definition) is 2. The first kappa shape index (κ1) is 28.7. The maximum atomic E-state index is 13.7. The van der Waals surface area contributed by atoms with Gasteiger partial charge in [0.25, 0.3) is 11.8 Å². The maximum Gasteiger partial charge on any atom is 0.416 e. The van der Waals surface area contributed by atoms with E-state index in [1.54, 1.807) is 6.07 Å². The third kappa shape index (κ3) is 6.59. The van der Waals surface area contributed by atoms with Crippen LogP contribution in [0.4, 0.5) is 30.4 Å². The standard InChI is InChI=1S/C28H30ClF3N6O3/c1-16(2)22-14-40-24-25(36-22)33-15-34-27(24)41-23-10-17(4-5-21(23)29)26(39)35-19-11-18(28(30,31)32)12-20(13-19)38-8-6-37(3)7-9-38/h4-5,10-13,15-16,22H,6-9,14H2,1-3H3,(H,35,39)(H,33,34,36)/t22-/m1/s1. The lowest BCUT2D eigenvalue weighted by Gasteiger charge is -2.34. The van der Waals surface area contributed by atoms with Crippen LogP contribution in [0.15, 0.2) is 42.7 Å². The monoisotopic (exact) mass is 590 g/mol. The molecule has 2 N–H and O–H groups in total. The summed E-state index contributed by atoms with van der Waals surface area (Å²) in [5.74, 6) is 0.705. The number of alkyl halides is 3. The predicted octanol–water partition coefficient (Wildman–Crippen LogP) is 5.77. The number of nitrogens with one attached hydrogen (secondary N) is 2. The lowest BCUT2D eigenvalue weighted by molar-refractivity contribution is -0.137. The Morgan fingerprint density at radius 3 is 2.61 bits per heavy atom. The number of benzene rings is 2. The third-order valence-electron chi connectivity index (χ3n) is 7.08. The van der Waals surface area contributed by atoms with E-state index in [4.69, 9.17) is 21.1 Å². The van der Waals surface area contributed by atoms with Crippen LogP contribution >= 0.6 is 11.6 Å². The molecule has 9 nitrogen and oxygen atoms in total. The Morgan fingerprint density at radius 2 is 1.90 bits per heavy atom. The van der Waals surface area contributed by atoms with Crippen LogP contribution in [0.1, 0.15) is 29.8 Å². The number of carbonyl (C=O) groups excluding carboxylic acids is 1. The van der Waals surface area contributed by atoms with Crippen LogP contribution in [0.25, 0.3) is 0 Å². The quantitative estimate of drug-likeness (QED) is 0.374. The maximum absolute atomic E-state index is 13.7. The van der Waals surface area contributed by atoms with Gasteiger partial charge in [-0.15, -0.1) is 0 Å². The van der Waals surface area contributed by atoms with Crippen molar-refractivity contribution in [1.82, 2.24) is 14.9 Å². The fourth-order valence-electron chi connectivity index (χ4n) is 4.54. The summed E-state index contributed by atoms with van der Waals surface area (Å²) in [6.07, 6.45) is -3.25. The summed E-state index contributed by atoms with van der Waals surface area (Å²) >= 11 is 6.36. The minimum absolute atomic E-state index is 0.0280. The molecule has 1 atom stereocenters. The summed E-state index contributed by atoms with van der Waals surface area (Å²) in [4.78, 5) is 25.6. The first-order valence-electron chi connectivity index (χ1n) is 13.2. The average molecular weight is 591 g/mol. The van der Waals surface area contributed by atoms with Gasteiger partial charge in [0.05, 0.1) is 16.6 Å². The van der Waals surface area contributed by atoms with Crippen LogP contribution in [0, 0.1) is 5.92 Å². The van der Waals surface area contributed by atoms with Gasteiger partial charge < -0.3 is 29.9 Å². The number of aromatic nitrogens is 2. The highest BCUT2D eigenvalue weighted by atomic mass is 35.5. The van der Waals surface area contributed by atoms with E-state index in [0.717, 1.165) is 25.2 Å². The Hall–Kier alpha value is -3.77. The van der Waals surface area contributed by atoms with E-state index < -0.39 is 17.6 Å². The Balaban J connectivity index is 1.37. The molecule has 0 unspecified atom stereocenters. The molecule has 0 bridgehead atoms. The van der Waals surface area contributed by atoms with E-state index in [2.05, 4.69) is 39.3 Å². The normalized spacial score (nSPS) is 17.5. The minimum atomic E-state index is -4.58. The molecule has 3 heterocycles. The van der Waals surface area contributed by atoms with E-state index >= 15 is 0 Å². The molecule has 0 saturated carbocycles. The number of anilines is 3. The van der Waals surface area contributed by atoms with Crippen LogP contribution in [0.3, 0.4) is 0 Å². The first-order valence-corrected chi connectivity index (χ1v) is 13.5. The minimum Gasteiger partial charge on any atom is -0.483 e. The van der Waals surface area contributed by atoms with Gasteiger partial charge in [-0.05, 0) is 49.4 Å². The van der Waals surface area contributed by atoms with Crippen molar-refractivity contribution in [3.63, 3.8) is 0 Å². The number of nitrogens with zero attached hydrogens (tertiary/aromatic N) is 4. The SMILES string of the molecule is CC(C)[C@H]1COc2c(ncnc2Oc2cc(C(=O)Nc3cc(N4CCN(C)CC4)cc(C(F)(F)F)c3)ccc2Cl)N1. The molecule has 1 aromatic heterocycles. The van der Waals surface area contributed by atoms with Gasteiger partial charge in [0.15, 0.2) is 5.82 Å². The highest BCUT2D eigenvalue weighted by Gasteiger charge is 2.32. The zero-order chi connectivity index (χ0) is 29.3. The van der Waals surface area contributed by atoms with Crippen molar-refractivity contribution in [3.05, 3.63) is 58.9 Å². The van der Waals surface area contributed by atoms with E-state index in [1.165, 1.54) is 24.5 Å². The van der Waals surface area contributed by atoms with Gasteiger partial charge in [-0.25, -0.2) is 4.98 Å². The molecule has 0 spiro atoms. The second kappa shape index (κ2) is 11.6. The molecular weight excluding hydrogens is 561 g/mol. The molecule has 2 aliphatic heterocycles. The van der Waals surface area contributed by atoms with Crippen molar-refractivity contribution >= 4 is 34.7 Å². The van der Waals surface area contributed by atoms with Crippen molar-refractivity contribution in [1.29, 1.82) is 0 Å². The molecule has 1 fully saturated rings. The molecule has 0 radical (unpaired) electrons. The van der Waals surface area contributed by atoms with Crippen LogP contribution in [0.2, 0.25) is 5.02 Å². The number of likely N-dealkylation sites (N-methyl/N-ethyl adjacent to an activating group) is 1. The van der Waals surface area contributed by atoms with Crippen molar-refractivity contribution in [3.8, 4) is 17.4 Å². The molecule has 1 saturated heterocycles. The molecule has 3 aromatic rings. The second-order valence-corrected chi connectivity index (χ2v) is 10.8. The van der Waals surface area contributed by atoms with Crippen molar-refractivity contribution in [2.24, 2.45) is 5.92 Å². The van der Waals surface area contributed by atoms with Gasteiger partial charge in [-0.3, -0.25) is 4.79 Å². The van der Waals surface area contributed by atoms with Crippen LogP contribution in [-0.4, -0.2) is 66.7 Å². The lowest BCUT2D eigenvalue weighted by Crippen LogP contribution is -2.44. The van der Waals surface area contributed by atoms with Crippen LogP contribution in [0.5, 0.6) is 17.4 Å². The molecule has 2 aromatic carbocycles. The van der Waals surface area contributed by atoms with Gasteiger partial charge >= 0.3 is 6.18 Å². The van der Waals surface area contributed by atoms with Crippen molar-refractivity contribution in [2.75, 3.05) is 55.4 Å². The molecule has 2 aliphatic rings. The van der Waals surface area contributed by atoms with E-state index in [1.807, 2.05) is 11.9 Å². The highest BCUT2D eigenvalue weighted by Crippen LogP contribution is 2.40. The molecule has 1 amide bonds. The Kier molecular flexibility index (Phi) is 8.14. The smallest absolute Gasteiger partial charge is 0.416 e. The fourth-order valence-corrected chi connectivity index (χ4v) is 4.69. The first-order chi connectivity index (χ1) is 19.5. The number of carbonyl (C=O) groups is 1. The lowest BCUT2D eigenvalue weighted by atomic mass is 10.0. The summed E-state index contributed by atoms with van der Waals surface area (Å²) in [6.45, 7) is 7.11. The Bertz CT molecular complexity index is 1430. The summed E-state index contributed by atoms with van der Waals surface area (Å²) in [6, 6.07) is 7.97. The zero-order valence-corrected chi connectivity index (χ0v) is 23.5. The number of fused-ring (bicyclic) bond motifs is 1. The molecule has 41 heavy (non-hydrogen) atoms. The summed E-state index contributed by atoms with van der Waals surface area (Å²) < 4.78 is 53.0. The fraction of sp³-hybridized carbons (Fsp3) is 0.393. The predicted molar refractivity (Wildman–Crippen MR) is 150 cm³/mol. The molecule has 0 aliphatic carbocycles. The molecular formula is C28H30ClF3N6O3. The van der Waals surface area contributed by atoms with Gasteiger partial charge in [-0.1, -0.05) is 25.4 Å².